The van der Waals surface area contributed by atoms with Crippen molar-refractivity contribution in [2.45, 2.75) is 44.6 Å². The zero-order valence-electron chi connectivity index (χ0n) is 13.2. The highest BCUT2D eigenvalue weighted by molar-refractivity contribution is 5.94. The highest BCUT2D eigenvalue weighted by atomic mass is 16.2. The molecule has 0 unspecified atom stereocenters. The Bertz CT molecular complexity index is 714. The Balaban J connectivity index is 1.80. The number of para-hydroxylation sites is 1. The van der Waals surface area contributed by atoms with Crippen molar-refractivity contribution in [1.29, 1.82) is 0 Å². The second-order valence-electron chi connectivity index (χ2n) is 6.12. The van der Waals surface area contributed by atoms with Crippen LogP contribution in [-0.4, -0.2) is 16.5 Å². The van der Waals surface area contributed by atoms with Crippen LogP contribution >= 0.6 is 0 Å². The van der Waals surface area contributed by atoms with Crippen LogP contribution in [0.25, 0.3) is 5.69 Å². The number of hydrogen-bond donors (Lipinski definition) is 1. The molecule has 1 aliphatic carbocycles. The van der Waals surface area contributed by atoms with Crippen LogP contribution in [0, 0.1) is 0 Å². The Hall–Kier alpha value is -2.36. The summed E-state index contributed by atoms with van der Waals surface area (Å²) in [5, 5.41) is 3.12. The van der Waals surface area contributed by atoms with E-state index in [1.165, 1.54) is 36.3 Å². The van der Waals surface area contributed by atoms with Crippen LogP contribution in [0.5, 0.6) is 0 Å². The van der Waals surface area contributed by atoms with Gasteiger partial charge in [-0.2, -0.15) is 0 Å². The minimum absolute atomic E-state index is 0.0958. The fourth-order valence-corrected chi connectivity index (χ4v) is 3.10. The third-order valence-electron chi connectivity index (χ3n) is 4.40. The van der Waals surface area contributed by atoms with E-state index in [-0.39, 0.29) is 17.5 Å². The maximum Gasteiger partial charge on any atom is 0.255 e. The van der Waals surface area contributed by atoms with E-state index in [1.807, 2.05) is 30.3 Å². The maximum absolute atomic E-state index is 12.5. The van der Waals surface area contributed by atoms with Gasteiger partial charge in [0, 0.05) is 24.0 Å². The van der Waals surface area contributed by atoms with Crippen molar-refractivity contribution in [3.8, 4) is 5.69 Å². The predicted molar refractivity (Wildman–Crippen MR) is 91.0 cm³/mol. The van der Waals surface area contributed by atoms with Crippen LogP contribution in [0.1, 0.15) is 48.9 Å². The molecule has 1 aromatic carbocycles. The van der Waals surface area contributed by atoms with Gasteiger partial charge < -0.3 is 5.32 Å². The molecule has 1 fully saturated rings. The van der Waals surface area contributed by atoms with Gasteiger partial charge in [0.1, 0.15) is 0 Å². The zero-order chi connectivity index (χ0) is 16.1. The number of hydrogen-bond acceptors (Lipinski definition) is 2. The molecule has 4 nitrogen and oxygen atoms in total. The summed E-state index contributed by atoms with van der Waals surface area (Å²) in [6.07, 6.45) is 8.58. The van der Waals surface area contributed by atoms with E-state index in [0.717, 1.165) is 18.5 Å². The summed E-state index contributed by atoms with van der Waals surface area (Å²) in [5.41, 5.74) is 1.15. The Morgan fingerprint density at radius 2 is 1.65 bits per heavy atom. The molecule has 3 rings (SSSR count). The molecule has 0 bridgehead atoms. The lowest BCUT2D eigenvalue weighted by molar-refractivity contribution is 0.0932. The monoisotopic (exact) mass is 310 g/mol. The maximum atomic E-state index is 12.5. The van der Waals surface area contributed by atoms with E-state index in [2.05, 4.69) is 5.32 Å². The number of amides is 1. The number of rotatable bonds is 3. The number of nitrogens with zero attached hydrogens (tertiary/aromatic N) is 1. The molecular formula is C19H22N2O2. The Labute approximate surface area is 136 Å². The first-order chi connectivity index (χ1) is 11.2. The van der Waals surface area contributed by atoms with E-state index in [1.54, 1.807) is 12.3 Å². The largest absolute Gasteiger partial charge is 0.349 e. The van der Waals surface area contributed by atoms with E-state index >= 15 is 0 Å². The minimum atomic E-state index is -0.137. The molecule has 1 aromatic heterocycles. The van der Waals surface area contributed by atoms with Gasteiger partial charge in [0.05, 0.1) is 5.56 Å². The molecule has 0 spiro atoms. The van der Waals surface area contributed by atoms with Crippen LogP contribution in [0.15, 0.2) is 53.5 Å². The Morgan fingerprint density at radius 3 is 2.35 bits per heavy atom. The van der Waals surface area contributed by atoms with Crippen molar-refractivity contribution in [3.63, 3.8) is 0 Å². The molecular weight excluding hydrogens is 288 g/mol. The molecule has 1 saturated carbocycles. The van der Waals surface area contributed by atoms with Crippen molar-refractivity contribution in [2.75, 3.05) is 0 Å². The molecule has 0 radical (unpaired) electrons. The van der Waals surface area contributed by atoms with Gasteiger partial charge in [-0.3, -0.25) is 14.2 Å². The van der Waals surface area contributed by atoms with Gasteiger partial charge in [0.15, 0.2) is 0 Å². The number of carbonyl (C=O) groups excluding carboxylic acids is 1. The number of benzene rings is 1. The summed E-state index contributed by atoms with van der Waals surface area (Å²) in [7, 11) is 0. The first kappa shape index (κ1) is 15.5. The molecule has 1 N–H and O–H groups in total. The summed E-state index contributed by atoms with van der Waals surface area (Å²) in [6, 6.07) is 12.7. The van der Waals surface area contributed by atoms with Crippen LogP contribution in [0.2, 0.25) is 0 Å². The molecule has 0 atom stereocenters. The summed E-state index contributed by atoms with van der Waals surface area (Å²) in [5.74, 6) is -0.0958. The van der Waals surface area contributed by atoms with Crippen LogP contribution in [0.3, 0.4) is 0 Å². The Kier molecular flexibility index (Phi) is 4.91. The van der Waals surface area contributed by atoms with Crippen molar-refractivity contribution >= 4 is 5.91 Å². The SMILES string of the molecule is O=C(NC1CCCCCC1)c1ccc(=O)n(-c2ccccc2)c1. The molecule has 4 heteroatoms. The third-order valence-corrected chi connectivity index (χ3v) is 4.40. The van der Waals surface area contributed by atoms with Gasteiger partial charge in [-0.05, 0) is 31.0 Å². The van der Waals surface area contributed by atoms with E-state index < -0.39 is 0 Å². The van der Waals surface area contributed by atoms with Gasteiger partial charge in [-0.15, -0.1) is 0 Å². The smallest absolute Gasteiger partial charge is 0.255 e. The third kappa shape index (κ3) is 3.89. The van der Waals surface area contributed by atoms with Crippen molar-refractivity contribution in [1.82, 2.24) is 9.88 Å². The van der Waals surface area contributed by atoms with Crippen LogP contribution in [0.4, 0.5) is 0 Å². The molecule has 1 amide bonds. The average molecular weight is 310 g/mol. The molecule has 0 aliphatic heterocycles. The van der Waals surface area contributed by atoms with Crippen molar-refractivity contribution in [2.24, 2.45) is 0 Å². The summed E-state index contributed by atoms with van der Waals surface area (Å²) < 4.78 is 1.52. The van der Waals surface area contributed by atoms with Gasteiger partial charge in [-0.1, -0.05) is 43.9 Å². The van der Waals surface area contributed by atoms with E-state index in [9.17, 15) is 9.59 Å². The number of aromatic nitrogens is 1. The zero-order valence-corrected chi connectivity index (χ0v) is 13.2. The normalized spacial score (nSPS) is 15.8. The molecule has 2 aromatic rings. The van der Waals surface area contributed by atoms with Gasteiger partial charge >= 0.3 is 0 Å². The van der Waals surface area contributed by atoms with Crippen LogP contribution in [-0.2, 0) is 0 Å². The summed E-state index contributed by atoms with van der Waals surface area (Å²) in [4.78, 5) is 24.6. The summed E-state index contributed by atoms with van der Waals surface area (Å²) >= 11 is 0. The highest BCUT2D eigenvalue weighted by Gasteiger charge is 2.16. The molecule has 1 heterocycles. The lowest BCUT2D eigenvalue weighted by Crippen LogP contribution is -2.35. The second-order valence-corrected chi connectivity index (χ2v) is 6.12. The first-order valence-electron chi connectivity index (χ1n) is 8.33. The molecule has 120 valence electrons. The average Bonchev–Trinajstić information content (AvgIpc) is 2.84. The van der Waals surface area contributed by atoms with E-state index in [4.69, 9.17) is 0 Å². The molecule has 0 saturated heterocycles. The first-order valence-corrected chi connectivity index (χ1v) is 8.33. The van der Waals surface area contributed by atoms with Gasteiger partial charge in [0.2, 0.25) is 0 Å². The quantitative estimate of drug-likeness (QED) is 0.884. The predicted octanol–water partition coefficient (Wildman–Crippen LogP) is 3.29. The van der Waals surface area contributed by atoms with Crippen molar-refractivity contribution < 1.29 is 4.79 Å². The number of carbonyl (C=O) groups is 1. The minimum Gasteiger partial charge on any atom is -0.349 e. The standard InChI is InChI=1S/C19H22N2O2/c22-18-13-12-15(14-21(18)17-10-6-3-7-11-17)19(23)20-16-8-4-1-2-5-9-16/h3,6-7,10-14,16H,1-2,4-5,8-9H2,(H,20,23). The molecule has 1 aliphatic rings. The lowest BCUT2D eigenvalue weighted by atomic mass is 10.1. The Morgan fingerprint density at radius 1 is 0.957 bits per heavy atom. The number of nitrogens with one attached hydrogen (secondary N) is 1. The fraction of sp³-hybridized carbons (Fsp3) is 0.368. The topological polar surface area (TPSA) is 51.1 Å². The van der Waals surface area contributed by atoms with Crippen molar-refractivity contribution in [3.05, 3.63) is 64.6 Å². The van der Waals surface area contributed by atoms with Gasteiger partial charge in [0.25, 0.3) is 11.5 Å². The summed E-state index contributed by atoms with van der Waals surface area (Å²) in [6.45, 7) is 0. The molecule has 23 heavy (non-hydrogen) atoms. The highest BCUT2D eigenvalue weighted by Crippen LogP contribution is 2.17. The number of pyridine rings is 1. The fourth-order valence-electron chi connectivity index (χ4n) is 3.10. The second kappa shape index (κ2) is 7.27. The lowest BCUT2D eigenvalue weighted by Gasteiger charge is -2.16. The van der Waals surface area contributed by atoms with E-state index in [0.29, 0.717) is 5.56 Å². The van der Waals surface area contributed by atoms with Crippen LogP contribution < -0.4 is 10.9 Å². The van der Waals surface area contributed by atoms with Gasteiger partial charge in [-0.25, -0.2) is 0 Å².